The summed E-state index contributed by atoms with van der Waals surface area (Å²) >= 11 is 0. The van der Waals surface area contributed by atoms with E-state index in [1.54, 1.807) is 18.7 Å². The SMILES string of the molecule is CC(c1ccco1)N(C(=O)C12CC3CC(CC(C3)C1)C2)c1ccncc1. The summed E-state index contributed by atoms with van der Waals surface area (Å²) in [4.78, 5) is 20.1. The quantitative estimate of drug-likeness (QED) is 0.781. The standard InChI is InChI=1S/C22H26N2O2/c1-15(20-3-2-8-26-20)24(19-4-6-23-7-5-19)21(25)22-12-16-9-17(13-22)11-18(10-16)14-22/h2-8,15-18H,9-14H2,1H3. The molecule has 4 aliphatic rings. The molecule has 26 heavy (non-hydrogen) atoms. The molecule has 0 spiro atoms. The first-order valence-corrected chi connectivity index (χ1v) is 9.92. The summed E-state index contributed by atoms with van der Waals surface area (Å²) in [5.41, 5.74) is 0.753. The van der Waals surface area contributed by atoms with Crippen LogP contribution in [-0.4, -0.2) is 10.9 Å². The van der Waals surface area contributed by atoms with Gasteiger partial charge in [-0.05, 0) is 87.5 Å². The van der Waals surface area contributed by atoms with Crippen LogP contribution in [0.3, 0.4) is 0 Å². The maximum Gasteiger partial charge on any atom is 0.233 e. The van der Waals surface area contributed by atoms with Crippen LogP contribution in [0.2, 0.25) is 0 Å². The average molecular weight is 350 g/mol. The number of anilines is 1. The molecule has 1 unspecified atom stereocenters. The summed E-state index contributed by atoms with van der Waals surface area (Å²) in [6.45, 7) is 2.07. The first kappa shape index (κ1) is 16.1. The number of carbonyl (C=O) groups is 1. The number of hydrogen-bond acceptors (Lipinski definition) is 3. The van der Waals surface area contributed by atoms with Gasteiger partial charge in [0.15, 0.2) is 0 Å². The molecule has 0 saturated heterocycles. The van der Waals surface area contributed by atoms with Gasteiger partial charge in [0.05, 0.1) is 17.7 Å². The number of furan rings is 1. The number of nitrogens with zero attached hydrogens (tertiary/aromatic N) is 2. The van der Waals surface area contributed by atoms with Gasteiger partial charge >= 0.3 is 0 Å². The van der Waals surface area contributed by atoms with E-state index >= 15 is 0 Å². The molecule has 0 N–H and O–H groups in total. The second-order valence-corrected chi connectivity index (χ2v) is 8.77. The Morgan fingerprint density at radius 1 is 1.12 bits per heavy atom. The number of hydrogen-bond donors (Lipinski definition) is 0. The smallest absolute Gasteiger partial charge is 0.233 e. The molecule has 0 radical (unpaired) electrons. The van der Waals surface area contributed by atoms with Gasteiger partial charge in [-0.1, -0.05) is 0 Å². The first-order valence-electron chi connectivity index (χ1n) is 9.92. The van der Waals surface area contributed by atoms with Gasteiger partial charge in [0.1, 0.15) is 5.76 Å². The summed E-state index contributed by atoms with van der Waals surface area (Å²) in [7, 11) is 0. The third kappa shape index (κ3) is 2.50. The molecule has 1 atom stereocenters. The summed E-state index contributed by atoms with van der Waals surface area (Å²) in [5, 5.41) is 0. The summed E-state index contributed by atoms with van der Waals surface area (Å²) in [5.74, 6) is 3.39. The maximum absolute atomic E-state index is 14.0. The van der Waals surface area contributed by atoms with E-state index in [0.717, 1.165) is 48.5 Å². The summed E-state index contributed by atoms with van der Waals surface area (Å²) in [6, 6.07) is 7.63. The Hall–Kier alpha value is -2.10. The van der Waals surface area contributed by atoms with Gasteiger partial charge in [-0.15, -0.1) is 0 Å². The molecule has 136 valence electrons. The fourth-order valence-corrected chi connectivity index (χ4v) is 6.31. The lowest BCUT2D eigenvalue weighted by Crippen LogP contribution is -2.55. The van der Waals surface area contributed by atoms with Crippen LogP contribution < -0.4 is 4.90 Å². The zero-order chi connectivity index (χ0) is 17.7. The number of rotatable bonds is 4. The monoisotopic (exact) mass is 350 g/mol. The fourth-order valence-electron chi connectivity index (χ4n) is 6.31. The van der Waals surface area contributed by atoms with E-state index in [2.05, 4.69) is 11.9 Å². The van der Waals surface area contributed by atoms with Crippen LogP contribution >= 0.6 is 0 Å². The number of pyridine rings is 1. The van der Waals surface area contributed by atoms with Gasteiger partial charge in [0.25, 0.3) is 0 Å². The molecular formula is C22H26N2O2. The zero-order valence-corrected chi connectivity index (χ0v) is 15.3. The van der Waals surface area contributed by atoms with Crippen molar-refractivity contribution in [2.24, 2.45) is 23.2 Å². The predicted octanol–water partition coefficient (Wildman–Crippen LogP) is 4.99. The van der Waals surface area contributed by atoms with E-state index < -0.39 is 0 Å². The normalized spacial score (nSPS) is 33.2. The van der Waals surface area contributed by atoms with E-state index in [1.165, 1.54) is 19.3 Å². The van der Waals surface area contributed by atoms with Crippen LogP contribution in [0.15, 0.2) is 47.3 Å². The number of carbonyl (C=O) groups excluding carboxylic acids is 1. The molecule has 0 aliphatic heterocycles. The topological polar surface area (TPSA) is 46.3 Å². The Morgan fingerprint density at radius 3 is 2.27 bits per heavy atom. The summed E-state index contributed by atoms with van der Waals surface area (Å²) < 4.78 is 5.66. The second kappa shape index (κ2) is 5.97. The van der Waals surface area contributed by atoms with Crippen LogP contribution in [0, 0.1) is 23.2 Å². The van der Waals surface area contributed by atoms with Gasteiger partial charge < -0.3 is 9.32 Å². The Morgan fingerprint density at radius 2 is 1.73 bits per heavy atom. The molecule has 6 rings (SSSR count). The molecule has 4 saturated carbocycles. The third-order valence-electron chi connectivity index (χ3n) is 6.99. The Kier molecular flexibility index (Phi) is 3.70. The lowest BCUT2D eigenvalue weighted by molar-refractivity contribution is -0.143. The Balaban J connectivity index is 1.53. The fraction of sp³-hybridized carbons (Fsp3) is 0.545. The van der Waals surface area contributed by atoms with E-state index in [0.29, 0.717) is 5.91 Å². The van der Waals surface area contributed by atoms with Crippen molar-refractivity contribution in [3.8, 4) is 0 Å². The van der Waals surface area contributed by atoms with Gasteiger partial charge in [-0.2, -0.15) is 0 Å². The van der Waals surface area contributed by atoms with Crippen molar-refractivity contribution in [3.05, 3.63) is 48.7 Å². The van der Waals surface area contributed by atoms with Crippen LogP contribution in [0.1, 0.15) is 57.3 Å². The van der Waals surface area contributed by atoms with E-state index in [4.69, 9.17) is 4.42 Å². The highest BCUT2D eigenvalue weighted by molar-refractivity contribution is 5.98. The highest BCUT2D eigenvalue weighted by Gasteiger charge is 2.56. The van der Waals surface area contributed by atoms with Gasteiger partial charge in [0.2, 0.25) is 5.91 Å². The molecule has 2 heterocycles. The molecule has 4 heteroatoms. The molecule has 1 amide bonds. The van der Waals surface area contributed by atoms with Crippen molar-refractivity contribution in [3.63, 3.8) is 0 Å². The van der Waals surface area contributed by atoms with Crippen molar-refractivity contribution < 1.29 is 9.21 Å². The van der Waals surface area contributed by atoms with Crippen molar-refractivity contribution in [1.82, 2.24) is 4.98 Å². The Labute approximate surface area is 154 Å². The lowest BCUT2D eigenvalue weighted by Gasteiger charge is -2.57. The molecule has 4 aliphatic carbocycles. The highest BCUT2D eigenvalue weighted by Crippen LogP contribution is 2.61. The van der Waals surface area contributed by atoms with Gasteiger partial charge in [-0.25, -0.2) is 0 Å². The predicted molar refractivity (Wildman–Crippen MR) is 99.5 cm³/mol. The van der Waals surface area contributed by atoms with Crippen molar-refractivity contribution in [2.45, 2.75) is 51.5 Å². The van der Waals surface area contributed by atoms with Crippen LogP contribution in [0.25, 0.3) is 0 Å². The van der Waals surface area contributed by atoms with Crippen molar-refractivity contribution in [2.75, 3.05) is 4.90 Å². The minimum atomic E-state index is -0.168. The Bertz CT molecular complexity index is 748. The van der Waals surface area contributed by atoms with Crippen LogP contribution in [0.5, 0.6) is 0 Å². The summed E-state index contributed by atoms with van der Waals surface area (Å²) in [6.07, 6.45) is 12.5. The van der Waals surface area contributed by atoms with Crippen LogP contribution in [0.4, 0.5) is 5.69 Å². The molecule has 4 bridgehead atoms. The molecule has 4 fully saturated rings. The third-order valence-corrected chi connectivity index (χ3v) is 6.99. The highest BCUT2D eigenvalue weighted by atomic mass is 16.3. The molecule has 2 aromatic rings. The number of aromatic nitrogens is 1. The largest absolute Gasteiger partial charge is 0.467 e. The zero-order valence-electron chi connectivity index (χ0n) is 15.3. The second-order valence-electron chi connectivity index (χ2n) is 8.77. The van der Waals surface area contributed by atoms with Gasteiger partial charge in [-0.3, -0.25) is 9.78 Å². The van der Waals surface area contributed by atoms with Gasteiger partial charge in [0, 0.05) is 18.1 Å². The van der Waals surface area contributed by atoms with Crippen molar-refractivity contribution >= 4 is 11.6 Å². The minimum absolute atomic E-state index is 0.118. The lowest BCUT2D eigenvalue weighted by atomic mass is 9.49. The molecule has 4 nitrogen and oxygen atoms in total. The average Bonchev–Trinajstić information content (AvgIpc) is 3.16. The first-order chi connectivity index (χ1) is 12.6. The van der Waals surface area contributed by atoms with Crippen LogP contribution in [-0.2, 0) is 4.79 Å². The van der Waals surface area contributed by atoms with E-state index in [1.807, 2.05) is 29.2 Å². The van der Waals surface area contributed by atoms with E-state index in [9.17, 15) is 4.79 Å². The maximum atomic E-state index is 14.0. The van der Waals surface area contributed by atoms with Crippen molar-refractivity contribution in [1.29, 1.82) is 0 Å². The molecule has 0 aromatic carbocycles. The van der Waals surface area contributed by atoms with E-state index in [-0.39, 0.29) is 11.5 Å². The number of amides is 1. The minimum Gasteiger partial charge on any atom is -0.467 e. The molecular weight excluding hydrogens is 324 g/mol. The molecule has 2 aromatic heterocycles.